The Balaban J connectivity index is 1.27. The van der Waals surface area contributed by atoms with Crippen LogP contribution in [-0.2, 0) is 17.8 Å². The van der Waals surface area contributed by atoms with Crippen molar-refractivity contribution in [1.82, 2.24) is 14.8 Å². The Morgan fingerprint density at radius 2 is 1.77 bits per heavy atom. The summed E-state index contributed by atoms with van der Waals surface area (Å²) in [7, 11) is 0. The van der Waals surface area contributed by atoms with Gasteiger partial charge in [0.15, 0.2) is 0 Å². The third-order valence-corrected chi connectivity index (χ3v) is 7.55. The number of hydrogen-bond donors (Lipinski definition) is 2. The smallest absolute Gasteiger partial charge is 0.318 e. The standard InChI is InChI=1S/C31H36N4O4/c1-2-3-16-39-26-14-12-25(13-15-26)32-30(37)27(18-22-8-5-4-6-9-22)33-31(38)34-19-23-17-24(21-34)28-10-7-11-29(36)35(28)20-23/h4-15,23-24,27H,2-3,16-21H2,1H3,(H,32,37)(H,33,38)/t23?,24?,27-/m0/s1. The van der Waals surface area contributed by atoms with E-state index in [-0.39, 0.29) is 29.3 Å². The van der Waals surface area contributed by atoms with Gasteiger partial charge in [0, 0.05) is 49.4 Å². The predicted octanol–water partition coefficient (Wildman–Crippen LogP) is 4.41. The highest BCUT2D eigenvalue weighted by Gasteiger charge is 2.37. The maximum absolute atomic E-state index is 13.5. The summed E-state index contributed by atoms with van der Waals surface area (Å²) in [5.41, 5.74) is 2.60. The molecule has 5 rings (SSSR count). The molecule has 2 bridgehead atoms. The van der Waals surface area contributed by atoms with Gasteiger partial charge in [-0.2, -0.15) is 0 Å². The van der Waals surface area contributed by atoms with Crippen LogP contribution in [0.2, 0.25) is 0 Å². The van der Waals surface area contributed by atoms with Gasteiger partial charge in [-0.1, -0.05) is 49.7 Å². The fraction of sp³-hybridized carbons (Fsp3) is 0.387. The lowest BCUT2D eigenvalue weighted by Gasteiger charge is -2.43. The summed E-state index contributed by atoms with van der Waals surface area (Å²) in [6.07, 6.45) is 3.38. The molecule has 3 heterocycles. The molecule has 2 aliphatic rings. The number of likely N-dealkylation sites (tertiary alicyclic amines) is 1. The van der Waals surface area contributed by atoms with Crippen LogP contribution in [0.25, 0.3) is 0 Å². The van der Waals surface area contributed by atoms with Gasteiger partial charge in [-0.15, -0.1) is 0 Å². The number of fused-ring (bicyclic) bond motifs is 4. The first-order valence-corrected chi connectivity index (χ1v) is 13.8. The van der Waals surface area contributed by atoms with Crippen molar-refractivity contribution in [3.05, 3.63) is 94.4 Å². The second-order valence-corrected chi connectivity index (χ2v) is 10.5. The quantitative estimate of drug-likeness (QED) is 0.403. The SMILES string of the molecule is CCCCOc1ccc(NC(=O)[C@H](Cc2ccccc2)NC(=O)N2CC3CC(C2)c2cccc(=O)n2C3)cc1. The number of unbranched alkanes of at least 4 members (excludes halogenated alkanes) is 1. The van der Waals surface area contributed by atoms with Crippen LogP contribution < -0.4 is 20.9 Å². The Bertz CT molecular complexity index is 1340. The van der Waals surface area contributed by atoms with Crippen LogP contribution in [-0.4, -0.2) is 47.1 Å². The maximum atomic E-state index is 13.5. The average Bonchev–Trinajstić information content (AvgIpc) is 2.95. The summed E-state index contributed by atoms with van der Waals surface area (Å²) in [5.74, 6) is 0.800. The summed E-state index contributed by atoms with van der Waals surface area (Å²) in [6.45, 7) is 4.47. The molecule has 3 aromatic rings. The molecule has 8 heteroatoms. The number of aromatic nitrogens is 1. The van der Waals surface area contributed by atoms with E-state index >= 15 is 0 Å². The van der Waals surface area contributed by atoms with Gasteiger partial charge in [0.05, 0.1) is 6.61 Å². The predicted molar refractivity (Wildman–Crippen MR) is 151 cm³/mol. The van der Waals surface area contributed by atoms with Gasteiger partial charge < -0.3 is 24.8 Å². The van der Waals surface area contributed by atoms with Crippen LogP contribution >= 0.6 is 0 Å². The summed E-state index contributed by atoms with van der Waals surface area (Å²) < 4.78 is 7.57. The van der Waals surface area contributed by atoms with Crippen LogP contribution in [0.5, 0.6) is 5.75 Å². The third-order valence-electron chi connectivity index (χ3n) is 7.55. The van der Waals surface area contributed by atoms with Gasteiger partial charge in [0.1, 0.15) is 11.8 Å². The Hall–Kier alpha value is -4.07. The maximum Gasteiger partial charge on any atom is 0.318 e. The van der Waals surface area contributed by atoms with Crippen LogP contribution in [0, 0.1) is 5.92 Å². The Morgan fingerprint density at radius 1 is 0.974 bits per heavy atom. The number of benzene rings is 2. The molecule has 2 aromatic carbocycles. The number of piperidine rings is 1. The highest BCUT2D eigenvalue weighted by Crippen LogP contribution is 2.35. The Labute approximate surface area is 229 Å². The highest BCUT2D eigenvalue weighted by atomic mass is 16.5. The van der Waals surface area contributed by atoms with Crippen LogP contribution in [0.1, 0.15) is 43.4 Å². The fourth-order valence-electron chi connectivity index (χ4n) is 5.56. The number of carbonyl (C=O) groups is 2. The monoisotopic (exact) mass is 528 g/mol. The van der Waals surface area contributed by atoms with Gasteiger partial charge in [0.25, 0.3) is 5.56 Å². The third kappa shape index (κ3) is 6.50. The van der Waals surface area contributed by atoms with Crippen molar-refractivity contribution < 1.29 is 14.3 Å². The van der Waals surface area contributed by atoms with Gasteiger partial charge in [-0.3, -0.25) is 9.59 Å². The van der Waals surface area contributed by atoms with E-state index in [1.807, 2.05) is 65.2 Å². The molecule has 0 spiro atoms. The molecule has 204 valence electrons. The molecule has 39 heavy (non-hydrogen) atoms. The number of nitrogens with zero attached hydrogens (tertiary/aromatic N) is 2. The van der Waals surface area contributed by atoms with E-state index in [0.717, 1.165) is 36.3 Å². The number of nitrogens with one attached hydrogen (secondary N) is 2. The van der Waals surface area contributed by atoms with E-state index < -0.39 is 6.04 Å². The number of urea groups is 1. The minimum atomic E-state index is -0.753. The van der Waals surface area contributed by atoms with Crippen molar-refractivity contribution in [2.75, 3.05) is 25.0 Å². The second-order valence-electron chi connectivity index (χ2n) is 10.5. The minimum Gasteiger partial charge on any atom is -0.494 e. The lowest BCUT2D eigenvalue weighted by atomic mass is 9.83. The molecular formula is C31H36N4O4. The zero-order chi connectivity index (χ0) is 27.2. The summed E-state index contributed by atoms with van der Waals surface area (Å²) in [6, 6.07) is 21.3. The topological polar surface area (TPSA) is 92.7 Å². The van der Waals surface area contributed by atoms with Crippen molar-refractivity contribution in [1.29, 1.82) is 0 Å². The first-order valence-electron chi connectivity index (χ1n) is 13.8. The number of pyridine rings is 1. The van der Waals surface area contributed by atoms with Crippen molar-refractivity contribution in [3.63, 3.8) is 0 Å². The molecule has 3 atom stereocenters. The summed E-state index contributed by atoms with van der Waals surface area (Å²) >= 11 is 0. The van der Waals surface area contributed by atoms with Gasteiger partial charge in [-0.05, 0) is 54.7 Å². The van der Waals surface area contributed by atoms with Gasteiger partial charge >= 0.3 is 6.03 Å². The summed E-state index contributed by atoms with van der Waals surface area (Å²) in [4.78, 5) is 41.0. The second kappa shape index (κ2) is 12.2. The molecule has 2 aliphatic heterocycles. The van der Waals surface area contributed by atoms with E-state index in [4.69, 9.17) is 4.74 Å². The van der Waals surface area contributed by atoms with Gasteiger partial charge in [-0.25, -0.2) is 4.79 Å². The number of ether oxygens (including phenoxy) is 1. The van der Waals surface area contributed by atoms with Crippen LogP contribution in [0.3, 0.4) is 0 Å². The van der Waals surface area contributed by atoms with Crippen LogP contribution in [0.4, 0.5) is 10.5 Å². The molecule has 8 nitrogen and oxygen atoms in total. The number of hydrogen-bond acceptors (Lipinski definition) is 4. The molecule has 3 amide bonds. The minimum absolute atomic E-state index is 0.0141. The first-order chi connectivity index (χ1) is 19.0. The molecule has 2 unspecified atom stereocenters. The highest BCUT2D eigenvalue weighted by molar-refractivity contribution is 5.97. The van der Waals surface area contributed by atoms with Crippen molar-refractivity contribution in [2.24, 2.45) is 5.92 Å². The molecule has 0 radical (unpaired) electrons. The lowest BCUT2D eigenvalue weighted by molar-refractivity contribution is -0.118. The zero-order valence-electron chi connectivity index (χ0n) is 22.3. The van der Waals surface area contributed by atoms with Crippen LogP contribution in [0.15, 0.2) is 77.6 Å². The summed E-state index contributed by atoms with van der Waals surface area (Å²) in [5, 5.41) is 5.97. The average molecular weight is 529 g/mol. The van der Waals surface area contributed by atoms with E-state index in [1.54, 1.807) is 17.0 Å². The number of anilines is 1. The molecule has 0 aliphatic carbocycles. The van der Waals surface area contributed by atoms with Crippen molar-refractivity contribution in [3.8, 4) is 5.75 Å². The Kier molecular flexibility index (Phi) is 8.30. The molecule has 1 saturated heterocycles. The van der Waals surface area contributed by atoms with E-state index in [0.29, 0.717) is 38.3 Å². The fourth-order valence-corrected chi connectivity index (χ4v) is 5.56. The van der Waals surface area contributed by atoms with E-state index in [2.05, 4.69) is 17.6 Å². The molecule has 1 aromatic heterocycles. The number of amides is 3. The molecular weight excluding hydrogens is 492 g/mol. The molecule has 2 N–H and O–H groups in total. The van der Waals surface area contributed by atoms with E-state index in [1.165, 1.54) is 0 Å². The molecule has 1 fully saturated rings. The number of carbonyl (C=O) groups excluding carboxylic acids is 2. The lowest BCUT2D eigenvalue weighted by Crippen LogP contribution is -2.55. The molecule has 0 saturated carbocycles. The Morgan fingerprint density at radius 3 is 2.54 bits per heavy atom. The van der Waals surface area contributed by atoms with Crippen molar-refractivity contribution in [2.45, 2.75) is 51.1 Å². The first kappa shape index (κ1) is 26.5. The zero-order valence-corrected chi connectivity index (χ0v) is 22.3. The number of rotatable bonds is 9. The normalized spacial score (nSPS) is 18.5. The van der Waals surface area contributed by atoms with Gasteiger partial charge in [0.2, 0.25) is 5.91 Å². The van der Waals surface area contributed by atoms with Crippen molar-refractivity contribution >= 4 is 17.6 Å². The van der Waals surface area contributed by atoms with E-state index in [9.17, 15) is 14.4 Å². The largest absolute Gasteiger partial charge is 0.494 e.